The maximum absolute atomic E-state index is 6.49. The van der Waals surface area contributed by atoms with Gasteiger partial charge < -0.3 is 4.74 Å². The average Bonchev–Trinajstić information content (AvgIpc) is 3.93. The predicted molar refractivity (Wildman–Crippen MR) is 200 cm³/mol. The minimum atomic E-state index is -0.445. The number of benzene rings is 7. The van der Waals surface area contributed by atoms with Crippen molar-refractivity contribution in [1.82, 2.24) is 10.4 Å². The quantitative estimate of drug-likeness (QED) is 0.115. The Hall–Kier alpha value is -6.23. The molecule has 0 aromatic heterocycles. The van der Waals surface area contributed by atoms with Gasteiger partial charge in [-0.1, -0.05) is 158 Å². The Morgan fingerprint density at radius 3 is 1.86 bits per heavy atom. The van der Waals surface area contributed by atoms with E-state index in [0.29, 0.717) is 6.54 Å². The van der Waals surface area contributed by atoms with E-state index in [-0.39, 0.29) is 6.17 Å². The Morgan fingerprint density at radius 2 is 1.14 bits per heavy atom. The predicted octanol–water partition coefficient (Wildman–Crippen LogP) is 10.3. The molecule has 7 aromatic carbocycles. The van der Waals surface area contributed by atoms with E-state index in [0.717, 1.165) is 22.9 Å². The summed E-state index contributed by atoms with van der Waals surface area (Å²) in [6, 6.07) is 62.7. The smallest absolute Gasteiger partial charge is 0.147 e. The molecule has 10 rings (SSSR count). The van der Waals surface area contributed by atoms with E-state index in [1.54, 1.807) is 0 Å². The number of hydrogen-bond acceptors (Lipinski definition) is 3. The Kier molecular flexibility index (Phi) is 6.58. The van der Waals surface area contributed by atoms with Crippen LogP contribution in [-0.2, 0) is 12.0 Å². The summed E-state index contributed by atoms with van der Waals surface area (Å²) in [6.45, 7) is 0.627. The number of fused-ring (bicyclic) bond motifs is 9. The van der Waals surface area contributed by atoms with Crippen molar-refractivity contribution in [3.05, 3.63) is 215 Å². The fourth-order valence-corrected chi connectivity index (χ4v) is 8.05. The average molecular weight is 644 g/mol. The summed E-state index contributed by atoms with van der Waals surface area (Å²) in [4.78, 5) is 5.06. The number of hydrogen-bond donors (Lipinski definition) is 1. The summed E-state index contributed by atoms with van der Waals surface area (Å²) in [7, 11) is 0. The Balaban J connectivity index is 0.998. The van der Waals surface area contributed by atoms with E-state index in [1.165, 1.54) is 55.6 Å². The maximum atomic E-state index is 6.49. The second-order valence-electron chi connectivity index (χ2n) is 13.2. The van der Waals surface area contributed by atoms with Crippen LogP contribution in [0.2, 0.25) is 0 Å². The lowest BCUT2D eigenvalue weighted by atomic mass is 9.66. The van der Waals surface area contributed by atoms with Crippen LogP contribution in [0, 0.1) is 0 Å². The van der Waals surface area contributed by atoms with Crippen molar-refractivity contribution in [3.63, 3.8) is 0 Å². The molecule has 1 unspecified atom stereocenters. The molecule has 0 amide bonds. The van der Waals surface area contributed by atoms with Gasteiger partial charge >= 0.3 is 0 Å². The van der Waals surface area contributed by atoms with Crippen molar-refractivity contribution >= 4 is 5.84 Å². The number of aliphatic imine (C=N–C) groups is 1. The second kappa shape index (κ2) is 11.4. The number of hydrazine groups is 1. The number of nitrogens with one attached hydrogen (secondary N) is 1. The van der Waals surface area contributed by atoms with Gasteiger partial charge in [0.25, 0.3) is 0 Å². The summed E-state index contributed by atoms with van der Waals surface area (Å²) in [6.07, 6.45) is 0.0687. The second-order valence-corrected chi connectivity index (χ2v) is 13.2. The van der Waals surface area contributed by atoms with Crippen LogP contribution in [0.4, 0.5) is 0 Å². The fourth-order valence-electron chi connectivity index (χ4n) is 8.05. The zero-order valence-electron chi connectivity index (χ0n) is 27.3. The molecule has 1 N–H and O–H groups in total. The van der Waals surface area contributed by atoms with Crippen molar-refractivity contribution in [1.29, 1.82) is 0 Å². The van der Waals surface area contributed by atoms with Crippen LogP contribution in [0.1, 0.15) is 45.1 Å². The number of para-hydroxylation sites is 2. The zero-order valence-corrected chi connectivity index (χ0v) is 27.3. The van der Waals surface area contributed by atoms with E-state index in [1.807, 2.05) is 12.1 Å². The highest BCUT2D eigenvalue weighted by molar-refractivity contribution is 6.00. The minimum absolute atomic E-state index is 0.0687. The van der Waals surface area contributed by atoms with Crippen LogP contribution in [0.25, 0.3) is 22.3 Å². The van der Waals surface area contributed by atoms with Crippen LogP contribution >= 0.6 is 0 Å². The van der Waals surface area contributed by atoms with Crippen LogP contribution in [0.3, 0.4) is 0 Å². The van der Waals surface area contributed by atoms with Gasteiger partial charge in [-0.2, -0.15) is 0 Å². The van der Waals surface area contributed by atoms with E-state index in [9.17, 15) is 0 Å². The Morgan fingerprint density at radius 1 is 0.560 bits per heavy atom. The lowest BCUT2D eigenvalue weighted by Gasteiger charge is -2.39. The van der Waals surface area contributed by atoms with Gasteiger partial charge in [-0.25, -0.2) is 5.43 Å². The Labute approximate surface area is 292 Å². The van der Waals surface area contributed by atoms with Crippen LogP contribution < -0.4 is 10.2 Å². The van der Waals surface area contributed by atoms with Crippen molar-refractivity contribution in [2.24, 2.45) is 4.99 Å². The first kappa shape index (κ1) is 28.8. The first-order valence-corrected chi connectivity index (χ1v) is 17.2. The molecule has 1 atom stereocenters. The van der Waals surface area contributed by atoms with Gasteiger partial charge in [0, 0.05) is 16.7 Å². The lowest BCUT2D eigenvalue weighted by Crippen LogP contribution is -2.32. The molecule has 4 heteroatoms. The van der Waals surface area contributed by atoms with E-state index < -0.39 is 5.41 Å². The first-order valence-electron chi connectivity index (χ1n) is 17.2. The summed E-state index contributed by atoms with van der Waals surface area (Å²) in [5.41, 5.74) is 16.5. The zero-order chi connectivity index (χ0) is 33.1. The first-order chi connectivity index (χ1) is 24.8. The molecule has 0 saturated carbocycles. The highest BCUT2D eigenvalue weighted by atomic mass is 16.5. The number of ether oxygens (including phenoxy) is 1. The third-order valence-corrected chi connectivity index (χ3v) is 10.4. The number of amidine groups is 1. The SMILES string of the molecule is c1ccc(C/N=C(/c2ccccc2)N2NC2c2ccc(-c3ccc4c(c3)-c3ccccc3C43c4ccccc4Oc4ccccc43)cc2)cc1. The third kappa shape index (κ3) is 4.46. The van der Waals surface area contributed by atoms with Gasteiger partial charge in [-0.3, -0.25) is 10.0 Å². The van der Waals surface area contributed by atoms with E-state index in [2.05, 4.69) is 174 Å². The lowest BCUT2D eigenvalue weighted by molar-refractivity contribution is 0.436. The van der Waals surface area contributed by atoms with Gasteiger partial charge in [-0.05, 0) is 62.7 Å². The summed E-state index contributed by atoms with van der Waals surface area (Å²) >= 11 is 0. The van der Waals surface area contributed by atoms with Crippen molar-refractivity contribution in [2.75, 3.05) is 0 Å². The fraction of sp³-hybridized carbons (Fsp3) is 0.0652. The monoisotopic (exact) mass is 643 g/mol. The molecule has 4 nitrogen and oxygen atoms in total. The molecule has 1 saturated heterocycles. The van der Waals surface area contributed by atoms with Gasteiger partial charge in [0.15, 0.2) is 0 Å². The molecular formula is C46H33N3O. The molecule has 1 fully saturated rings. The normalized spacial score (nSPS) is 16.2. The molecule has 1 aliphatic carbocycles. The third-order valence-electron chi connectivity index (χ3n) is 10.4. The molecule has 0 bridgehead atoms. The van der Waals surface area contributed by atoms with Crippen molar-refractivity contribution < 1.29 is 4.74 Å². The summed E-state index contributed by atoms with van der Waals surface area (Å²) < 4.78 is 6.49. The van der Waals surface area contributed by atoms with Crippen LogP contribution in [0.5, 0.6) is 11.5 Å². The molecule has 0 radical (unpaired) electrons. The van der Waals surface area contributed by atoms with E-state index >= 15 is 0 Å². The van der Waals surface area contributed by atoms with Crippen LogP contribution in [0.15, 0.2) is 181 Å². The molecule has 2 heterocycles. The highest BCUT2D eigenvalue weighted by Crippen LogP contribution is 2.62. The van der Waals surface area contributed by atoms with E-state index in [4.69, 9.17) is 9.73 Å². The topological polar surface area (TPSA) is 46.5 Å². The minimum Gasteiger partial charge on any atom is -0.457 e. The van der Waals surface area contributed by atoms with Crippen LogP contribution in [-0.4, -0.2) is 10.8 Å². The maximum Gasteiger partial charge on any atom is 0.147 e. The molecule has 7 aromatic rings. The van der Waals surface area contributed by atoms with Gasteiger partial charge in [-0.15, -0.1) is 0 Å². The molecule has 1 spiro atoms. The van der Waals surface area contributed by atoms with Crippen molar-refractivity contribution in [3.8, 4) is 33.8 Å². The van der Waals surface area contributed by atoms with Gasteiger partial charge in [0.05, 0.1) is 12.0 Å². The van der Waals surface area contributed by atoms with Gasteiger partial charge in [0.1, 0.15) is 23.5 Å². The highest BCUT2D eigenvalue weighted by Gasteiger charge is 2.51. The summed E-state index contributed by atoms with van der Waals surface area (Å²) in [5.74, 6) is 2.78. The standard InChI is InChI=1S/C46H33N3O/c1-3-13-31(14-4-1)30-47-44(33-15-5-2-6-16-33)49-45(48-49)34-25-23-32(24-26-34)35-27-28-39-37(29-35)36-17-7-8-18-38(36)46(39)40-19-9-11-21-42(40)50-43-22-12-10-20-41(43)46/h1-29,45,48H,30H2/b47-44-. The molecule has 50 heavy (non-hydrogen) atoms. The summed E-state index contributed by atoms with van der Waals surface area (Å²) in [5, 5.41) is 2.17. The molecular weight excluding hydrogens is 611 g/mol. The number of nitrogens with zero attached hydrogens (tertiary/aromatic N) is 2. The molecule has 238 valence electrons. The molecule has 2 aliphatic heterocycles. The largest absolute Gasteiger partial charge is 0.457 e. The van der Waals surface area contributed by atoms with Gasteiger partial charge in [0.2, 0.25) is 0 Å². The number of rotatable bonds is 5. The Bertz CT molecular complexity index is 2370. The van der Waals surface area contributed by atoms with Crippen molar-refractivity contribution in [2.45, 2.75) is 18.1 Å². The molecule has 3 aliphatic rings.